The van der Waals surface area contributed by atoms with Crippen LogP contribution in [0.1, 0.15) is 54.7 Å². The molecule has 0 aromatic carbocycles. The van der Waals surface area contributed by atoms with Crippen molar-refractivity contribution in [3.8, 4) is 0 Å². The van der Waals surface area contributed by atoms with Gasteiger partial charge in [-0.3, -0.25) is 28.5 Å². The number of carbonyl (C=O) groups excluding carboxylic acids is 2. The summed E-state index contributed by atoms with van der Waals surface area (Å²) < 4.78 is 36.5. The molecule has 1 aliphatic rings. The van der Waals surface area contributed by atoms with E-state index in [4.69, 9.17) is 18.7 Å². The van der Waals surface area contributed by atoms with Gasteiger partial charge in [-0.2, -0.15) is 0 Å². The summed E-state index contributed by atoms with van der Waals surface area (Å²) in [4.78, 5) is 50.2. The van der Waals surface area contributed by atoms with Crippen LogP contribution in [0.2, 0.25) is 0 Å². The second kappa shape index (κ2) is 12.9. The molecule has 0 bridgehead atoms. The molecule has 0 radical (unpaired) electrons. The summed E-state index contributed by atoms with van der Waals surface area (Å²) in [6, 6.07) is -1.04. The SMILES string of the molecule is CC(C)OC(=O)[C@@H](C)NP(=O)(N[C@H](C)C(=O)OC(C)C)OC[C@H]1O[C@@H](n2ccc(=O)[nH]c2=O)[C@H](O)[C@@H]1C. The Bertz CT molecular complexity index is 1070. The first kappa shape index (κ1) is 30.9. The predicted octanol–water partition coefficient (Wildman–Crippen LogP) is 0.415. The van der Waals surface area contributed by atoms with Gasteiger partial charge in [0.2, 0.25) is 0 Å². The molecule has 0 unspecified atom stereocenters. The Labute approximate surface area is 214 Å². The van der Waals surface area contributed by atoms with Gasteiger partial charge in [0.15, 0.2) is 6.23 Å². The standard InChI is InChI=1S/C22H37N4O10P/c1-11(2)34-20(29)14(6)24-37(32,25-15(7)21(30)35-12(3)4)33-10-16-13(5)18(28)19(36-16)26-9-8-17(27)23-22(26)31/h8-9,11-16,18-19,28H,10H2,1-7H3,(H,23,27,31)(H2,24,25,32)/t13-,14-,15-,16-,18-,19-/m1/s1. The number of nitrogens with one attached hydrogen (secondary N) is 3. The summed E-state index contributed by atoms with van der Waals surface area (Å²) in [5.41, 5.74) is -1.37. The lowest BCUT2D eigenvalue weighted by Gasteiger charge is -2.28. The van der Waals surface area contributed by atoms with Crippen molar-refractivity contribution in [1.29, 1.82) is 0 Å². The van der Waals surface area contributed by atoms with Crippen molar-refractivity contribution in [2.75, 3.05) is 6.61 Å². The Kier molecular flexibility index (Phi) is 10.8. The molecule has 0 saturated carbocycles. The minimum absolute atomic E-state index is 0.345. The van der Waals surface area contributed by atoms with Crippen LogP contribution in [0.15, 0.2) is 21.9 Å². The van der Waals surface area contributed by atoms with E-state index in [0.29, 0.717) is 0 Å². The van der Waals surface area contributed by atoms with Gasteiger partial charge in [0.1, 0.15) is 18.2 Å². The molecule has 0 spiro atoms. The molecule has 15 heteroatoms. The van der Waals surface area contributed by atoms with E-state index in [-0.39, 0.29) is 6.61 Å². The average molecular weight is 549 g/mol. The number of H-pyrrole nitrogens is 1. The van der Waals surface area contributed by atoms with Gasteiger partial charge in [-0.25, -0.2) is 15.0 Å². The number of ether oxygens (including phenoxy) is 3. The third-order valence-corrected chi connectivity index (χ3v) is 7.38. The van der Waals surface area contributed by atoms with Crippen molar-refractivity contribution in [2.24, 2.45) is 5.92 Å². The number of aliphatic hydroxyl groups is 1. The highest BCUT2D eigenvalue weighted by Crippen LogP contribution is 2.42. The van der Waals surface area contributed by atoms with E-state index < -0.39 is 79.5 Å². The molecule has 1 fully saturated rings. The van der Waals surface area contributed by atoms with Crippen LogP contribution < -0.4 is 21.4 Å². The first-order valence-corrected chi connectivity index (χ1v) is 13.6. The van der Waals surface area contributed by atoms with Gasteiger partial charge in [0.05, 0.1) is 24.9 Å². The molecular weight excluding hydrogens is 511 g/mol. The fourth-order valence-corrected chi connectivity index (χ4v) is 5.30. The van der Waals surface area contributed by atoms with Crippen LogP contribution in [0, 0.1) is 5.92 Å². The monoisotopic (exact) mass is 548 g/mol. The van der Waals surface area contributed by atoms with Gasteiger partial charge >= 0.3 is 25.3 Å². The molecule has 1 aromatic heterocycles. The van der Waals surface area contributed by atoms with Crippen molar-refractivity contribution >= 4 is 19.6 Å². The van der Waals surface area contributed by atoms with Crippen LogP contribution in [-0.4, -0.2) is 69.7 Å². The van der Waals surface area contributed by atoms with Crippen LogP contribution in [-0.2, 0) is 32.9 Å². The Morgan fingerprint density at radius 2 is 1.59 bits per heavy atom. The summed E-state index contributed by atoms with van der Waals surface area (Å²) in [6.07, 6.45) is -2.75. The minimum Gasteiger partial charge on any atom is -0.462 e. The van der Waals surface area contributed by atoms with Crippen molar-refractivity contribution in [2.45, 2.75) is 91.2 Å². The second-order valence-corrected chi connectivity index (χ2v) is 11.3. The maximum absolute atomic E-state index is 13.7. The molecule has 37 heavy (non-hydrogen) atoms. The molecule has 210 valence electrons. The zero-order chi connectivity index (χ0) is 28.1. The third-order valence-electron chi connectivity index (χ3n) is 5.42. The molecule has 4 N–H and O–H groups in total. The maximum Gasteiger partial charge on any atom is 0.342 e. The van der Waals surface area contributed by atoms with Gasteiger partial charge in [-0.1, -0.05) is 6.92 Å². The fraction of sp³-hybridized carbons (Fsp3) is 0.727. The van der Waals surface area contributed by atoms with Crippen LogP contribution in [0.4, 0.5) is 0 Å². The Morgan fingerprint density at radius 3 is 2.05 bits per heavy atom. The van der Waals surface area contributed by atoms with Crippen LogP contribution in [0.25, 0.3) is 0 Å². The molecule has 6 atom stereocenters. The molecule has 1 aliphatic heterocycles. The molecule has 2 rings (SSSR count). The van der Waals surface area contributed by atoms with Gasteiger partial charge in [-0.15, -0.1) is 0 Å². The zero-order valence-corrected chi connectivity index (χ0v) is 22.9. The van der Waals surface area contributed by atoms with E-state index in [0.717, 1.165) is 10.6 Å². The number of hydrogen-bond donors (Lipinski definition) is 4. The minimum atomic E-state index is -4.11. The summed E-state index contributed by atoms with van der Waals surface area (Å²) in [7, 11) is -4.11. The Balaban J connectivity index is 2.20. The Hall–Kier alpha value is -2.35. The van der Waals surface area contributed by atoms with E-state index in [9.17, 15) is 28.8 Å². The van der Waals surface area contributed by atoms with Crippen LogP contribution >= 0.6 is 7.67 Å². The van der Waals surface area contributed by atoms with Crippen LogP contribution in [0.3, 0.4) is 0 Å². The summed E-state index contributed by atoms with van der Waals surface area (Å²) in [5, 5.41) is 15.8. The summed E-state index contributed by atoms with van der Waals surface area (Å²) in [5.74, 6) is -1.95. The van der Waals surface area contributed by atoms with Gasteiger partial charge in [0.25, 0.3) is 5.56 Å². The number of rotatable bonds is 12. The number of hydrogen-bond acceptors (Lipinski definition) is 10. The largest absolute Gasteiger partial charge is 0.462 e. The van der Waals surface area contributed by atoms with Crippen molar-refractivity contribution in [3.63, 3.8) is 0 Å². The quantitative estimate of drug-likeness (QED) is 0.208. The summed E-state index contributed by atoms with van der Waals surface area (Å²) in [6.45, 7) is 10.8. The normalized spacial score (nSPS) is 23.7. The molecule has 0 amide bonds. The van der Waals surface area contributed by atoms with E-state index >= 15 is 0 Å². The highest BCUT2D eigenvalue weighted by molar-refractivity contribution is 7.54. The first-order chi connectivity index (χ1) is 17.1. The third kappa shape index (κ3) is 8.59. The smallest absolute Gasteiger partial charge is 0.342 e. The van der Waals surface area contributed by atoms with E-state index in [1.54, 1.807) is 34.6 Å². The molecule has 1 saturated heterocycles. The van der Waals surface area contributed by atoms with Crippen LogP contribution in [0.5, 0.6) is 0 Å². The van der Waals surface area contributed by atoms with Crippen molar-refractivity contribution in [1.82, 2.24) is 19.7 Å². The lowest BCUT2D eigenvalue weighted by Crippen LogP contribution is -2.43. The molecule has 2 heterocycles. The number of esters is 2. The summed E-state index contributed by atoms with van der Waals surface area (Å²) >= 11 is 0. The molecule has 0 aliphatic carbocycles. The molecule has 1 aromatic rings. The Morgan fingerprint density at radius 1 is 1.08 bits per heavy atom. The van der Waals surface area contributed by atoms with Crippen molar-refractivity contribution in [3.05, 3.63) is 33.1 Å². The number of aliphatic hydroxyl groups excluding tert-OH is 1. The number of aromatic nitrogens is 2. The lowest BCUT2D eigenvalue weighted by atomic mass is 10.0. The molecular formula is C22H37N4O10P. The van der Waals surface area contributed by atoms with E-state index in [1.165, 1.54) is 20.0 Å². The lowest BCUT2D eigenvalue weighted by molar-refractivity contribution is -0.149. The fourth-order valence-electron chi connectivity index (χ4n) is 3.49. The highest BCUT2D eigenvalue weighted by atomic mass is 31.2. The average Bonchev–Trinajstić information content (AvgIpc) is 3.05. The zero-order valence-electron chi connectivity index (χ0n) is 22.0. The van der Waals surface area contributed by atoms with E-state index in [2.05, 4.69) is 15.2 Å². The second-order valence-electron chi connectivity index (χ2n) is 9.45. The van der Waals surface area contributed by atoms with E-state index in [1.807, 2.05) is 0 Å². The van der Waals surface area contributed by atoms with Gasteiger partial charge in [-0.05, 0) is 41.5 Å². The number of carbonyl (C=O) groups is 2. The number of aromatic amines is 1. The van der Waals surface area contributed by atoms with Crippen molar-refractivity contribution < 1.29 is 38.0 Å². The molecule has 14 nitrogen and oxygen atoms in total. The van der Waals surface area contributed by atoms with Gasteiger partial charge < -0.3 is 23.8 Å². The maximum atomic E-state index is 13.7. The topological polar surface area (TPSA) is 187 Å². The van der Waals surface area contributed by atoms with Gasteiger partial charge in [0, 0.05) is 18.2 Å². The predicted molar refractivity (Wildman–Crippen MR) is 132 cm³/mol. The highest BCUT2D eigenvalue weighted by Gasteiger charge is 2.44. The first-order valence-electron chi connectivity index (χ1n) is 12.0. The number of nitrogens with zero attached hydrogens (tertiary/aromatic N) is 1.